The average Bonchev–Trinajstić information content (AvgIpc) is 2.90. The Morgan fingerprint density at radius 1 is 1.29 bits per heavy atom. The minimum atomic E-state index is -0.280. The number of hydrogen-bond acceptors (Lipinski definition) is 1. The third kappa shape index (κ3) is 1.88. The van der Waals surface area contributed by atoms with Crippen LogP contribution in [0, 0.1) is 17.7 Å². The van der Waals surface area contributed by atoms with Gasteiger partial charge in [0.1, 0.15) is 5.82 Å². The predicted molar refractivity (Wildman–Crippen MR) is 67.5 cm³/mol. The molecule has 3 heteroatoms. The quantitative estimate of drug-likeness (QED) is 0.857. The summed E-state index contributed by atoms with van der Waals surface area (Å²) in [6, 6.07) is 4.62. The molecular weight excluding hydrogens is 237 g/mol. The van der Waals surface area contributed by atoms with E-state index in [0.717, 1.165) is 12.0 Å². The summed E-state index contributed by atoms with van der Waals surface area (Å²) in [6.45, 7) is 0. The molecule has 0 amide bonds. The molecule has 0 aromatic heterocycles. The molecular formula is C14H17ClFN. The van der Waals surface area contributed by atoms with E-state index in [1.165, 1.54) is 37.8 Å². The van der Waals surface area contributed by atoms with Gasteiger partial charge in [0.2, 0.25) is 0 Å². The van der Waals surface area contributed by atoms with Gasteiger partial charge < -0.3 is 5.73 Å². The Balaban J connectivity index is 1.79. The summed E-state index contributed by atoms with van der Waals surface area (Å²) < 4.78 is 13.0. The molecule has 2 fully saturated rings. The standard InChI is InChI=1S/C14H17ClFN/c15-13-7-10(16)6-5-9(13)8-14(17)11-3-1-2-4-12(11)14/h5-7,11-12H,1-4,8,17H2. The van der Waals surface area contributed by atoms with Crippen LogP contribution in [0.4, 0.5) is 4.39 Å². The third-order valence-electron chi connectivity index (χ3n) is 4.55. The number of rotatable bonds is 2. The monoisotopic (exact) mass is 253 g/mol. The van der Waals surface area contributed by atoms with E-state index in [1.807, 2.05) is 0 Å². The van der Waals surface area contributed by atoms with Gasteiger partial charge in [-0.25, -0.2) is 4.39 Å². The summed E-state index contributed by atoms with van der Waals surface area (Å²) in [4.78, 5) is 0. The summed E-state index contributed by atoms with van der Waals surface area (Å²) in [5, 5.41) is 0.512. The summed E-state index contributed by atoms with van der Waals surface area (Å²) in [6.07, 6.45) is 5.90. The van der Waals surface area contributed by atoms with E-state index < -0.39 is 0 Å². The molecule has 92 valence electrons. The van der Waals surface area contributed by atoms with Gasteiger partial charge in [-0.05, 0) is 48.8 Å². The first-order valence-electron chi connectivity index (χ1n) is 6.34. The summed E-state index contributed by atoms with van der Waals surface area (Å²) in [7, 11) is 0. The van der Waals surface area contributed by atoms with Crippen molar-refractivity contribution in [2.45, 2.75) is 37.6 Å². The molecule has 0 heterocycles. The van der Waals surface area contributed by atoms with Gasteiger partial charge in [0, 0.05) is 10.6 Å². The summed E-state index contributed by atoms with van der Waals surface area (Å²) in [5.74, 6) is 1.05. The highest BCUT2D eigenvalue weighted by molar-refractivity contribution is 6.31. The maximum absolute atomic E-state index is 13.0. The van der Waals surface area contributed by atoms with Gasteiger partial charge in [-0.2, -0.15) is 0 Å². The number of hydrogen-bond donors (Lipinski definition) is 1. The molecule has 0 bridgehead atoms. The highest BCUT2D eigenvalue weighted by Crippen LogP contribution is 2.58. The molecule has 2 saturated carbocycles. The minimum absolute atomic E-state index is 0.0715. The van der Waals surface area contributed by atoms with Crippen LogP contribution < -0.4 is 5.73 Å². The van der Waals surface area contributed by atoms with Crippen LogP contribution >= 0.6 is 11.6 Å². The van der Waals surface area contributed by atoms with Crippen LogP contribution in [0.15, 0.2) is 18.2 Å². The van der Waals surface area contributed by atoms with E-state index in [4.69, 9.17) is 17.3 Å². The molecule has 0 radical (unpaired) electrons. The predicted octanol–water partition coefficient (Wildman–Crippen LogP) is 3.54. The fourth-order valence-corrected chi connectivity index (χ4v) is 3.79. The Kier molecular flexibility index (Phi) is 2.68. The van der Waals surface area contributed by atoms with Crippen molar-refractivity contribution in [2.75, 3.05) is 0 Å². The van der Waals surface area contributed by atoms with Crippen LogP contribution in [0.5, 0.6) is 0 Å². The summed E-state index contributed by atoms with van der Waals surface area (Å²) in [5.41, 5.74) is 7.40. The lowest BCUT2D eigenvalue weighted by Gasteiger charge is -2.13. The molecule has 1 nitrogen and oxygen atoms in total. The second kappa shape index (κ2) is 3.96. The Morgan fingerprint density at radius 2 is 1.94 bits per heavy atom. The van der Waals surface area contributed by atoms with E-state index in [0.29, 0.717) is 16.9 Å². The first-order valence-corrected chi connectivity index (χ1v) is 6.72. The van der Waals surface area contributed by atoms with Crippen molar-refractivity contribution in [1.29, 1.82) is 0 Å². The van der Waals surface area contributed by atoms with Crippen LogP contribution in [0.3, 0.4) is 0 Å². The normalized spacial score (nSPS) is 35.5. The molecule has 3 rings (SSSR count). The van der Waals surface area contributed by atoms with Crippen LogP contribution in [-0.2, 0) is 6.42 Å². The third-order valence-corrected chi connectivity index (χ3v) is 4.90. The van der Waals surface area contributed by atoms with Gasteiger partial charge >= 0.3 is 0 Å². The first kappa shape index (κ1) is 11.5. The van der Waals surface area contributed by atoms with Gasteiger partial charge in [0.05, 0.1) is 0 Å². The lowest BCUT2D eigenvalue weighted by Crippen LogP contribution is -2.29. The van der Waals surface area contributed by atoms with E-state index in [1.54, 1.807) is 6.07 Å². The van der Waals surface area contributed by atoms with Crippen molar-refractivity contribution in [3.8, 4) is 0 Å². The highest BCUT2D eigenvalue weighted by atomic mass is 35.5. The Bertz CT molecular complexity index is 434. The zero-order chi connectivity index (χ0) is 12.0. The van der Waals surface area contributed by atoms with Crippen LogP contribution in [0.25, 0.3) is 0 Å². The van der Waals surface area contributed by atoms with E-state index in [2.05, 4.69) is 0 Å². The molecule has 1 aromatic rings. The Morgan fingerprint density at radius 3 is 2.53 bits per heavy atom. The molecule has 1 aromatic carbocycles. The van der Waals surface area contributed by atoms with Crippen molar-refractivity contribution < 1.29 is 4.39 Å². The smallest absolute Gasteiger partial charge is 0.124 e. The molecule has 2 unspecified atom stereocenters. The molecule has 0 spiro atoms. The maximum Gasteiger partial charge on any atom is 0.124 e. The second-order valence-electron chi connectivity index (χ2n) is 5.52. The first-order chi connectivity index (χ1) is 8.11. The molecule has 0 saturated heterocycles. The van der Waals surface area contributed by atoms with Gasteiger partial charge in [0.25, 0.3) is 0 Å². The lowest BCUT2D eigenvalue weighted by atomic mass is 10.0. The molecule has 2 N–H and O–H groups in total. The number of fused-ring (bicyclic) bond motifs is 1. The largest absolute Gasteiger partial charge is 0.324 e. The molecule has 0 aliphatic heterocycles. The zero-order valence-electron chi connectivity index (χ0n) is 9.76. The van der Waals surface area contributed by atoms with Crippen molar-refractivity contribution in [1.82, 2.24) is 0 Å². The lowest BCUT2D eigenvalue weighted by molar-refractivity contribution is 0.480. The molecule has 17 heavy (non-hydrogen) atoms. The van der Waals surface area contributed by atoms with Crippen molar-refractivity contribution in [2.24, 2.45) is 17.6 Å². The molecule has 2 aliphatic rings. The van der Waals surface area contributed by atoms with Crippen LogP contribution in [0.1, 0.15) is 31.2 Å². The average molecular weight is 254 g/mol. The number of nitrogens with two attached hydrogens (primary N) is 1. The van der Waals surface area contributed by atoms with Gasteiger partial charge in [-0.15, -0.1) is 0 Å². The topological polar surface area (TPSA) is 26.0 Å². The van der Waals surface area contributed by atoms with Crippen molar-refractivity contribution in [3.05, 3.63) is 34.6 Å². The number of benzene rings is 1. The summed E-state index contributed by atoms with van der Waals surface area (Å²) >= 11 is 6.07. The fourth-order valence-electron chi connectivity index (χ4n) is 3.55. The van der Waals surface area contributed by atoms with Gasteiger partial charge in [0.15, 0.2) is 0 Å². The van der Waals surface area contributed by atoms with Crippen molar-refractivity contribution >= 4 is 11.6 Å². The number of halogens is 2. The van der Waals surface area contributed by atoms with Gasteiger partial charge in [-0.1, -0.05) is 30.5 Å². The van der Waals surface area contributed by atoms with Crippen LogP contribution in [0.2, 0.25) is 5.02 Å². The SMILES string of the molecule is NC1(Cc2ccc(F)cc2Cl)C2CCCCC21. The minimum Gasteiger partial charge on any atom is -0.324 e. The van der Waals surface area contributed by atoms with E-state index >= 15 is 0 Å². The Labute approximate surface area is 106 Å². The van der Waals surface area contributed by atoms with E-state index in [9.17, 15) is 4.39 Å². The molecule has 2 aliphatic carbocycles. The fraction of sp³-hybridized carbons (Fsp3) is 0.571. The second-order valence-corrected chi connectivity index (χ2v) is 5.93. The Hall–Kier alpha value is -0.600. The maximum atomic E-state index is 13.0. The molecule has 2 atom stereocenters. The van der Waals surface area contributed by atoms with Crippen LogP contribution in [-0.4, -0.2) is 5.54 Å². The van der Waals surface area contributed by atoms with Gasteiger partial charge in [-0.3, -0.25) is 0 Å². The highest BCUT2D eigenvalue weighted by Gasteiger charge is 2.61. The van der Waals surface area contributed by atoms with E-state index in [-0.39, 0.29) is 11.4 Å². The zero-order valence-corrected chi connectivity index (χ0v) is 10.5. The van der Waals surface area contributed by atoms with Crippen molar-refractivity contribution in [3.63, 3.8) is 0 Å².